The average molecular weight is 244 g/mol. The Labute approximate surface area is 108 Å². The maximum Gasteiger partial charge on any atom is 0.244 e. The Bertz CT molecular complexity index is 483. The number of nitrogens with one attached hydrogen (secondary N) is 1. The first-order chi connectivity index (χ1) is 8.66. The highest BCUT2D eigenvalue weighted by Crippen LogP contribution is 2.29. The Morgan fingerprint density at radius 3 is 2.94 bits per heavy atom. The molecule has 3 nitrogen and oxygen atoms in total. The lowest BCUT2D eigenvalue weighted by Crippen LogP contribution is -2.53. The third kappa shape index (κ3) is 1.83. The normalized spacial score (nSPS) is 27.4. The Morgan fingerprint density at radius 2 is 2.17 bits per heavy atom. The van der Waals surface area contributed by atoms with E-state index in [1.165, 1.54) is 11.1 Å². The molecule has 2 aliphatic heterocycles. The molecule has 96 valence electrons. The van der Waals surface area contributed by atoms with Crippen LogP contribution >= 0.6 is 0 Å². The fourth-order valence-electron chi connectivity index (χ4n) is 3.24. The summed E-state index contributed by atoms with van der Waals surface area (Å²) in [5, 5.41) is 3.43. The van der Waals surface area contributed by atoms with E-state index in [0.717, 1.165) is 31.5 Å². The van der Waals surface area contributed by atoms with Gasteiger partial charge in [0, 0.05) is 19.1 Å². The quantitative estimate of drug-likeness (QED) is 0.819. The maximum absolute atomic E-state index is 12.5. The summed E-state index contributed by atoms with van der Waals surface area (Å²) < 4.78 is 0. The number of aryl methyl sites for hydroxylation is 2. The smallest absolute Gasteiger partial charge is 0.244 e. The molecule has 2 atom stereocenters. The van der Waals surface area contributed by atoms with Crippen molar-refractivity contribution in [3.63, 3.8) is 0 Å². The Hall–Kier alpha value is -1.35. The number of carbonyl (C=O) groups excluding carboxylic acids is 1. The van der Waals surface area contributed by atoms with Crippen LogP contribution in [0.15, 0.2) is 18.2 Å². The molecule has 3 rings (SSSR count). The van der Waals surface area contributed by atoms with Crippen molar-refractivity contribution in [3.8, 4) is 0 Å². The van der Waals surface area contributed by atoms with Gasteiger partial charge in [0.05, 0.1) is 0 Å². The number of benzene rings is 1. The first-order valence-electron chi connectivity index (χ1n) is 6.78. The standard InChI is InChI=1S/C15H20N2O/c1-10-5-6-13(11(2)8-10)14-15(18)17-7-3-4-12(17)9-16-14/h5-6,8,12,14,16H,3-4,7,9H2,1-2H3. The van der Waals surface area contributed by atoms with Gasteiger partial charge < -0.3 is 10.2 Å². The van der Waals surface area contributed by atoms with Crippen molar-refractivity contribution in [1.82, 2.24) is 10.2 Å². The van der Waals surface area contributed by atoms with Crippen LogP contribution in [0.4, 0.5) is 0 Å². The first-order valence-corrected chi connectivity index (χ1v) is 6.78. The number of amides is 1. The highest BCUT2D eigenvalue weighted by Gasteiger charge is 2.38. The first kappa shape index (κ1) is 11.7. The van der Waals surface area contributed by atoms with Crippen LogP contribution < -0.4 is 5.32 Å². The van der Waals surface area contributed by atoms with E-state index in [1.807, 2.05) is 0 Å². The fraction of sp³-hybridized carbons (Fsp3) is 0.533. The minimum atomic E-state index is -0.139. The summed E-state index contributed by atoms with van der Waals surface area (Å²) in [5.74, 6) is 0.260. The van der Waals surface area contributed by atoms with Crippen LogP contribution in [-0.2, 0) is 4.79 Å². The summed E-state index contributed by atoms with van der Waals surface area (Å²) in [7, 11) is 0. The summed E-state index contributed by atoms with van der Waals surface area (Å²) in [6, 6.07) is 6.63. The number of nitrogens with zero attached hydrogens (tertiary/aromatic N) is 1. The molecule has 0 saturated carbocycles. The van der Waals surface area contributed by atoms with E-state index < -0.39 is 0 Å². The van der Waals surface area contributed by atoms with E-state index in [0.29, 0.717) is 6.04 Å². The molecule has 18 heavy (non-hydrogen) atoms. The summed E-state index contributed by atoms with van der Waals surface area (Å²) in [6.07, 6.45) is 2.30. The molecule has 0 aliphatic carbocycles. The molecule has 2 unspecified atom stereocenters. The average Bonchev–Trinajstić information content (AvgIpc) is 2.80. The second-order valence-corrected chi connectivity index (χ2v) is 5.53. The van der Waals surface area contributed by atoms with E-state index in [-0.39, 0.29) is 11.9 Å². The molecule has 0 aromatic heterocycles. The molecule has 2 heterocycles. The Balaban J connectivity index is 1.90. The van der Waals surface area contributed by atoms with Crippen LogP contribution in [0.1, 0.15) is 35.6 Å². The van der Waals surface area contributed by atoms with Gasteiger partial charge in [-0.3, -0.25) is 4.79 Å². The highest BCUT2D eigenvalue weighted by molar-refractivity contribution is 5.85. The molecule has 2 fully saturated rings. The van der Waals surface area contributed by atoms with Crippen LogP contribution in [0.2, 0.25) is 0 Å². The number of rotatable bonds is 1. The second kappa shape index (κ2) is 4.39. The van der Waals surface area contributed by atoms with Gasteiger partial charge in [-0.25, -0.2) is 0 Å². The summed E-state index contributed by atoms with van der Waals surface area (Å²) in [5.41, 5.74) is 3.59. The van der Waals surface area contributed by atoms with Crippen LogP contribution in [0.25, 0.3) is 0 Å². The highest BCUT2D eigenvalue weighted by atomic mass is 16.2. The van der Waals surface area contributed by atoms with Gasteiger partial charge in [0.1, 0.15) is 6.04 Å². The molecule has 1 aromatic carbocycles. The number of hydrogen-bond acceptors (Lipinski definition) is 2. The molecule has 0 radical (unpaired) electrons. The minimum Gasteiger partial charge on any atom is -0.337 e. The van der Waals surface area contributed by atoms with Gasteiger partial charge in [-0.05, 0) is 37.8 Å². The summed E-state index contributed by atoms with van der Waals surface area (Å²) >= 11 is 0. The van der Waals surface area contributed by atoms with Crippen LogP contribution in [-0.4, -0.2) is 29.9 Å². The van der Waals surface area contributed by atoms with E-state index in [9.17, 15) is 4.79 Å². The monoisotopic (exact) mass is 244 g/mol. The predicted molar refractivity (Wildman–Crippen MR) is 71.4 cm³/mol. The van der Waals surface area contributed by atoms with Crippen molar-refractivity contribution in [2.24, 2.45) is 0 Å². The predicted octanol–water partition coefficient (Wildman–Crippen LogP) is 1.94. The van der Waals surface area contributed by atoms with Crippen LogP contribution in [0.5, 0.6) is 0 Å². The van der Waals surface area contributed by atoms with Crippen molar-refractivity contribution in [2.75, 3.05) is 13.1 Å². The lowest BCUT2D eigenvalue weighted by atomic mass is 9.96. The third-order valence-electron chi connectivity index (χ3n) is 4.20. The van der Waals surface area contributed by atoms with Gasteiger partial charge in [0.15, 0.2) is 0 Å². The van der Waals surface area contributed by atoms with Crippen molar-refractivity contribution >= 4 is 5.91 Å². The van der Waals surface area contributed by atoms with Gasteiger partial charge >= 0.3 is 0 Å². The van der Waals surface area contributed by atoms with E-state index >= 15 is 0 Å². The van der Waals surface area contributed by atoms with Gasteiger partial charge in [-0.1, -0.05) is 23.8 Å². The number of hydrogen-bond donors (Lipinski definition) is 1. The molecule has 1 N–H and O–H groups in total. The van der Waals surface area contributed by atoms with Gasteiger partial charge in [0.2, 0.25) is 5.91 Å². The van der Waals surface area contributed by atoms with E-state index in [4.69, 9.17) is 0 Å². The van der Waals surface area contributed by atoms with Crippen molar-refractivity contribution < 1.29 is 4.79 Å². The van der Waals surface area contributed by atoms with Crippen molar-refractivity contribution in [2.45, 2.75) is 38.8 Å². The number of fused-ring (bicyclic) bond motifs is 1. The number of carbonyl (C=O) groups is 1. The molecular formula is C15H20N2O. The minimum absolute atomic E-state index is 0.139. The van der Waals surface area contributed by atoms with E-state index in [1.54, 1.807) is 0 Å². The Kier molecular flexibility index (Phi) is 2.86. The second-order valence-electron chi connectivity index (χ2n) is 5.53. The SMILES string of the molecule is Cc1ccc(C2NCC3CCCN3C2=O)c(C)c1. The van der Waals surface area contributed by atoms with Crippen LogP contribution in [0, 0.1) is 13.8 Å². The summed E-state index contributed by atoms with van der Waals surface area (Å²) in [4.78, 5) is 14.6. The molecule has 0 bridgehead atoms. The molecule has 2 saturated heterocycles. The van der Waals surface area contributed by atoms with Gasteiger partial charge in [0.25, 0.3) is 0 Å². The largest absolute Gasteiger partial charge is 0.337 e. The fourth-order valence-corrected chi connectivity index (χ4v) is 3.24. The lowest BCUT2D eigenvalue weighted by Gasteiger charge is -2.36. The third-order valence-corrected chi connectivity index (χ3v) is 4.20. The molecule has 3 heteroatoms. The number of piperazine rings is 1. The van der Waals surface area contributed by atoms with E-state index in [2.05, 4.69) is 42.3 Å². The summed E-state index contributed by atoms with van der Waals surface area (Å²) in [6.45, 7) is 6.05. The van der Waals surface area contributed by atoms with Crippen molar-refractivity contribution in [3.05, 3.63) is 34.9 Å². The van der Waals surface area contributed by atoms with Crippen molar-refractivity contribution in [1.29, 1.82) is 0 Å². The topological polar surface area (TPSA) is 32.3 Å². The zero-order valence-corrected chi connectivity index (χ0v) is 11.1. The molecule has 2 aliphatic rings. The molecular weight excluding hydrogens is 224 g/mol. The lowest BCUT2D eigenvalue weighted by molar-refractivity contribution is -0.137. The zero-order chi connectivity index (χ0) is 12.7. The van der Waals surface area contributed by atoms with Crippen LogP contribution in [0.3, 0.4) is 0 Å². The molecule has 1 aromatic rings. The Morgan fingerprint density at radius 1 is 1.33 bits per heavy atom. The van der Waals surface area contributed by atoms with Gasteiger partial charge in [-0.2, -0.15) is 0 Å². The molecule has 0 spiro atoms. The molecule has 1 amide bonds. The maximum atomic E-state index is 12.5. The zero-order valence-electron chi connectivity index (χ0n) is 11.1. The van der Waals surface area contributed by atoms with Gasteiger partial charge in [-0.15, -0.1) is 0 Å².